The summed E-state index contributed by atoms with van der Waals surface area (Å²) in [5.74, 6) is -0.972. The zero-order chi connectivity index (χ0) is 22.5. The predicted molar refractivity (Wildman–Crippen MR) is 117 cm³/mol. The zero-order valence-corrected chi connectivity index (χ0v) is 18.1. The second-order valence-electron chi connectivity index (χ2n) is 6.47. The highest BCUT2D eigenvalue weighted by Gasteiger charge is 2.22. The van der Waals surface area contributed by atoms with Gasteiger partial charge in [-0.15, -0.1) is 11.3 Å². The fourth-order valence-corrected chi connectivity index (χ4v) is 3.85. The predicted octanol–water partition coefficient (Wildman–Crippen LogP) is 3.87. The van der Waals surface area contributed by atoms with Crippen LogP contribution in [0.15, 0.2) is 36.8 Å². The molecule has 162 valence electrons. The fourth-order valence-electron chi connectivity index (χ4n) is 2.90. The van der Waals surface area contributed by atoms with Gasteiger partial charge in [0, 0.05) is 19.0 Å². The molecule has 0 spiro atoms. The number of aryl methyl sites for hydroxylation is 1. The molecule has 0 aliphatic carbocycles. The fraction of sp³-hybridized carbons (Fsp3) is 0.238. The van der Waals surface area contributed by atoms with Crippen molar-refractivity contribution in [1.82, 2.24) is 15.3 Å². The summed E-state index contributed by atoms with van der Waals surface area (Å²) in [6.07, 6.45) is 1.31. The average Bonchev–Trinajstić information content (AvgIpc) is 3.12. The maximum Gasteiger partial charge on any atom is 0.261 e. The van der Waals surface area contributed by atoms with E-state index in [0.29, 0.717) is 21.5 Å². The van der Waals surface area contributed by atoms with Crippen LogP contribution in [-0.4, -0.2) is 42.5 Å². The van der Waals surface area contributed by atoms with Gasteiger partial charge in [0.2, 0.25) is 5.88 Å². The van der Waals surface area contributed by atoms with Gasteiger partial charge in [-0.1, -0.05) is 6.58 Å². The molecule has 0 saturated carbocycles. The molecule has 2 aromatic heterocycles. The van der Waals surface area contributed by atoms with Crippen LogP contribution in [0.2, 0.25) is 0 Å². The van der Waals surface area contributed by atoms with Crippen LogP contribution in [0.5, 0.6) is 11.6 Å². The molecule has 2 heterocycles. The minimum absolute atomic E-state index is 0.0143. The Balaban J connectivity index is 1.95. The summed E-state index contributed by atoms with van der Waals surface area (Å²) in [5, 5.41) is 6.11. The monoisotopic (exact) mass is 444 g/mol. The van der Waals surface area contributed by atoms with Crippen LogP contribution < -0.4 is 20.1 Å². The molecule has 1 aromatic carbocycles. The molecule has 10 heteroatoms. The van der Waals surface area contributed by atoms with Crippen molar-refractivity contribution < 1.29 is 23.5 Å². The number of nitrogens with one attached hydrogen (secondary N) is 2. The Bertz CT molecular complexity index is 1160. The van der Waals surface area contributed by atoms with E-state index in [-0.39, 0.29) is 30.1 Å². The lowest BCUT2D eigenvalue weighted by atomic mass is 10.1. The molecule has 2 amide bonds. The van der Waals surface area contributed by atoms with Crippen LogP contribution in [0, 0.1) is 6.92 Å². The number of aromatic nitrogens is 2. The lowest BCUT2D eigenvalue weighted by molar-refractivity contribution is 0.0954. The molecule has 0 unspecified atom stereocenters. The number of hydrogen-bond donors (Lipinski definition) is 2. The van der Waals surface area contributed by atoms with Crippen LogP contribution in [0.1, 0.15) is 32.1 Å². The molecule has 2 N–H and O–H groups in total. The molecule has 3 rings (SSSR count). The Morgan fingerprint density at radius 3 is 2.68 bits per heavy atom. The number of nitrogens with zero attached hydrogens (tertiary/aromatic N) is 2. The molecule has 0 atom stereocenters. The summed E-state index contributed by atoms with van der Waals surface area (Å²) < 4.78 is 24.0. The number of anilines is 1. The van der Waals surface area contributed by atoms with Gasteiger partial charge >= 0.3 is 0 Å². The smallest absolute Gasteiger partial charge is 0.261 e. The maximum absolute atomic E-state index is 13.2. The Hall–Kier alpha value is -3.53. The highest BCUT2D eigenvalue weighted by Crippen LogP contribution is 2.33. The normalized spacial score (nSPS) is 10.6. The van der Waals surface area contributed by atoms with Crippen LogP contribution in [0.3, 0.4) is 0 Å². The van der Waals surface area contributed by atoms with E-state index in [0.717, 1.165) is 5.01 Å². The van der Waals surface area contributed by atoms with E-state index in [1.807, 2.05) is 6.92 Å². The SMILES string of the molecule is C=C(F)CCNC(=O)c1cc(OC)ncc1NC(=O)c1c(OC)ccc2nc(C)sc12. The molecule has 0 saturated heterocycles. The summed E-state index contributed by atoms with van der Waals surface area (Å²) >= 11 is 1.37. The van der Waals surface area contributed by atoms with E-state index in [9.17, 15) is 14.0 Å². The molecule has 3 aromatic rings. The molecule has 0 aliphatic rings. The first-order valence-electron chi connectivity index (χ1n) is 9.25. The van der Waals surface area contributed by atoms with Gasteiger partial charge in [-0.25, -0.2) is 14.4 Å². The highest BCUT2D eigenvalue weighted by molar-refractivity contribution is 7.19. The van der Waals surface area contributed by atoms with Gasteiger partial charge in [-0.2, -0.15) is 0 Å². The van der Waals surface area contributed by atoms with Gasteiger partial charge in [0.05, 0.1) is 52.7 Å². The van der Waals surface area contributed by atoms with Crippen molar-refractivity contribution in [3.8, 4) is 11.6 Å². The first kappa shape index (κ1) is 22.2. The van der Waals surface area contributed by atoms with E-state index >= 15 is 0 Å². The minimum Gasteiger partial charge on any atom is -0.496 e. The number of pyridine rings is 1. The van der Waals surface area contributed by atoms with Gasteiger partial charge in [0.15, 0.2) is 0 Å². The van der Waals surface area contributed by atoms with E-state index in [2.05, 4.69) is 27.2 Å². The summed E-state index contributed by atoms with van der Waals surface area (Å²) in [7, 11) is 2.88. The minimum atomic E-state index is -0.541. The molecule has 0 aliphatic heterocycles. The summed E-state index contributed by atoms with van der Waals surface area (Å²) in [5.41, 5.74) is 1.27. The van der Waals surface area contributed by atoms with E-state index in [1.54, 1.807) is 12.1 Å². The van der Waals surface area contributed by atoms with Gasteiger partial charge in [0.25, 0.3) is 11.8 Å². The average molecular weight is 444 g/mol. The number of methoxy groups -OCH3 is 2. The number of thiazole rings is 1. The number of benzene rings is 1. The molecular formula is C21H21FN4O4S. The van der Waals surface area contributed by atoms with Crippen LogP contribution >= 0.6 is 11.3 Å². The first-order valence-corrected chi connectivity index (χ1v) is 10.1. The third kappa shape index (κ3) is 4.97. The maximum atomic E-state index is 13.2. The van der Waals surface area contributed by atoms with E-state index in [1.165, 1.54) is 37.8 Å². The molecule has 0 fully saturated rings. The van der Waals surface area contributed by atoms with Crippen LogP contribution in [0.25, 0.3) is 10.2 Å². The van der Waals surface area contributed by atoms with Gasteiger partial charge in [-0.3, -0.25) is 9.59 Å². The summed E-state index contributed by atoms with van der Waals surface area (Å²) in [6.45, 7) is 5.07. The number of ether oxygens (including phenoxy) is 2. The summed E-state index contributed by atoms with van der Waals surface area (Å²) in [6, 6.07) is 4.84. The number of carbonyl (C=O) groups excluding carboxylic acids is 2. The van der Waals surface area contributed by atoms with E-state index < -0.39 is 17.6 Å². The molecule has 8 nitrogen and oxygen atoms in total. The van der Waals surface area contributed by atoms with Crippen molar-refractivity contribution in [2.45, 2.75) is 13.3 Å². The van der Waals surface area contributed by atoms with Crippen molar-refractivity contribution in [3.63, 3.8) is 0 Å². The van der Waals surface area contributed by atoms with Crippen molar-refractivity contribution in [2.75, 3.05) is 26.1 Å². The second-order valence-corrected chi connectivity index (χ2v) is 7.68. The molecule has 31 heavy (non-hydrogen) atoms. The van der Waals surface area contributed by atoms with Gasteiger partial charge in [-0.05, 0) is 19.1 Å². The number of fused-ring (bicyclic) bond motifs is 1. The van der Waals surface area contributed by atoms with Crippen molar-refractivity contribution >= 4 is 39.1 Å². The van der Waals surface area contributed by atoms with Gasteiger partial charge in [0.1, 0.15) is 11.3 Å². The molecule has 0 radical (unpaired) electrons. The number of carbonyl (C=O) groups is 2. The lowest BCUT2D eigenvalue weighted by Gasteiger charge is -2.14. The van der Waals surface area contributed by atoms with E-state index in [4.69, 9.17) is 9.47 Å². The largest absolute Gasteiger partial charge is 0.496 e. The Morgan fingerprint density at radius 2 is 2.00 bits per heavy atom. The Labute approximate surface area is 182 Å². The standard InChI is InChI=1S/C21H21FN4O4S/c1-11(22)7-8-23-20(27)13-9-17(30-4)24-10-15(13)26-21(28)18-16(29-3)6-5-14-19(18)31-12(2)25-14/h5-6,9-10H,1,7-8H2,2-4H3,(H,23,27)(H,26,28). The van der Waals surface area contributed by atoms with Crippen molar-refractivity contribution in [1.29, 1.82) is 0 Å². The number of rotatable bonds is 8. The lowest BCUT2D eigenvalue weighted by Crippen LogP contribution is -2.26. The molecule has 0 bridgehead atoms. The third-order valence-corrected chi connectivity index (χ3v) is 5.34. The summed E-state index contributed by atoms with van der Waals surface area (Å²) in [4.78, 5) is 34.3. The number of amides is 2. The highest BCUT2D eigenvalue weighted by atomic mass is 32.1. The number of hydrogen-bond acceptors (Lipinski definition) is 7. The quantitative estimate of drug-likeness (QED) is 0.547. The Morgan fingerprint density at radius 1 is 1.23 bits per heavy atom. The van der Waals surface area contributed by atoms with Crippen LogP contribution in [-0.2, 0) is 0 Å². The third-order valence-electron chi connectivity index (χ3n) is 4.34. The van der Waals surface area contributed by atoms with Crippen molar-refractivity contribution in [2.24, 2.45) is 0 Å². The van der Waals surface area contributed by atoms with Crippen LogP contribution in [0.4, 0.5) is 10.1 Å². The topological polar surface area (TPSA) is 102 Å². The molecular weight excluding hydrogens is 423 g/mol. The number of halogens is 1. The Kier molecular flexibility index (Phi) is 6.81. The van der Waals surface area contributed by atoms with Gasteiger partial charge < -0.3 is 20.1 Å². The zero-order valence-electron chi connectivity index (χ0n) is 17.2. The van der Waals surface area contributed by atoms with Crippen molar-refractivity contribution in [3.05, 3.63) is 52.9 Å². The second kappa shape index (κ2) is 9.52. The first-order chi connectivity index (χ1) is 14.8.